The first kappa shape index (κ1) is 19.3. The lowest BCUT2D eigenvalue weighted by Crippen LogP contribution is -2.24. The predicted octanol–water partition coefficient (Wildman–Crippen LogP) is 5.67. The Morgan fingerprint density at radius 2 is 1.67 bits per heavy atom. The van der Waals surface area contributed by atoms with E-state index in [0.717, 1.165) is 18.6 Å². The first-order valence-electron chi connectivity index (χ1n) is 8.57. The van der Waals surface area contributed by atoms with Crippen LogP contribution in [0, 0.1) is 5.92 Å². The van der Waals surface area contributed by atoms with E-state index in [2.05, 4.69) is 72.0 Å². The lowest BCUT2D eigenvalue weighted by molar-refractivity contribution is 0.000313. The van der Waals surface area contributed by atoms with Crippen LogP contribution in [0.2, 0.25) is 0 Å². The zero-order valence-corrected chi connectivity index (χ0v) is 16.7. The third-order valence-electron chi connectivity index (χ3n) is 4.28. The maximum absolute atomic E-state index is 6.29. The average molecular weight is 438 g/mol. The molecule has 0 aromatic heterocycles. The summed E-state index contributed by atoms with van der Waals surface area (Å²) in [4.78, 5) is 0. The molecule has 0 bridgehead atoms. The number of methoxy groups -OCH3 is 1. The number of alkyl halides is 1. The molecule has 2 atom stereocenters. The second kappa shape index (κ2) is 10.7. The van der Waals surface area contributed by atoms with Crippen LogP contribution < -0.4 is 4.74 Å². The van der Waals surface area contributed by atoms with Gasteiger partial charge in [-0.15, -0.1) is 0 Å². The molecule has 2 rings (SSSR count). The van der Waals surface area contributed by atoms with Crippen LogP contribution in [-0.2, 0) is 17.8 Å². The Morgan fingerprint density at radius 1 is 0.958 bits per heavy atom. The van der Waals surface area contributed by atoms with Crippen LogP contribution in [-0.4, -0.2) is 17.6 Å². The molecule has 130 valence electrons. The van der Waals surface area contributed by atoms with Crippen molar-refractivity contribution in [1.29, 1.82) is 0 Å². The molecule has 0 N–H and O–H groups in total. The third-order valence-corrected chi connectivity index (χ3v) is 5.04. The summed E-state index contributed by atoms with van der Waals surface area (Å²) in [7, 11) is 1.69. The highest BCUT2D eigenvalue weighted by Crippen LogP contribution is 2.21. The highest BCUT2D eigenvalue weighted by atomic mass is 127. The van der Waals surface area contributed by atoms with Gasteiger partial charge in [0, 0.05) is 0 Å². The van der Waals surface area contributed by atoms with Crippen molar-refractivity contribution in [3.05, 3.63) is 65.7 Å². The molecule has 0 fully saturated rings. The number of hydrogen-bond acceptors (Lipinski definition) is 2. The van der Waals surface area contributed by atoms with Crippen molar-refractivity contribution in [1.82, 2.24) is 0 Å². The van der Waals surface area contributed by atoms with Crippen molar-refractivity contribution in [2.24, 2.45) is 5.92 Å². The standard InChI is InChI=1S/C21H27IO2/c1-17(15-18-7-4-3-5-8-18)21(9-6-14-22)24-16-19-10-12-20(23-2)13-11-19/h3-5,7-8,10-13,17,21H,6,9,14-16H2,1-2H3/t17-,21-/m1/s1. The van der Waals surface area contributed by atoms with Gasteiger partial charge in [0.1, 0.15) is 5.75 Å². The Hall–Kier alpha value is -1.07. The zero-order chi connectivity index (χ0) is 17.2. The van der Waals surface area contributed by atoms with Crippen molar-refractivity contribution in [2.75, 3.05) is 11.5 Å². The molecule has 0 heterocycles. The smallest absolute Gasteiger partial charge is 0.118 e. The number of ether oxygens (including phenoxy) is 2. The van der Waals surface area contributed by atoms with E-state index in [-0.39, 0.29) is 0 Å². The van der Waals surface area contributed by atoms with Crippen LogP contribution in [0.25, 0.3) is 0 Å². The lowest BCUT2D eigenvalue weighted by atomic mass is 9.93. The second-order valence-electron chi connectivity index (χ2n) is 6.20. The summed E-state index contributed by atoms with van der Waals surface area (Å²) < 4.78 is 12.7. The van der Waals surface area contributed by atoms with E-state index < -0.39 is 0 Å². The van der Waals surface area contributed by atoms with Gasteiger partial charge in [-0.05, 0) is 52.9 Å². The molecule has 0 spiro atoms. The summed E-state index contributed by atoms with van der Waals surface area (Å²) in [5.74, 6) is 1.39. The van der Waals surface area contributed by atoms with Gasteiger partial charge in [0.2, 0.25) is 0 Å². The summed E-state index contributed by atoms with van der Waals surface area (Å²) in [5.41, 5.74) is 2.58. The largest absolute Gasteiger partial charge is 0.497 e. The summed E-state index contributed by atoms with van der Waals surface area (Å²) in [5, 5.41) is 0. The van der Waals surface area contributed by atoms with Crippen molar-refractivity contribution in [2.45, 2.75) is 38.9 Å². The number of benzene rings is 2. The fraction of sp³-hybridized carbons (Fsp3) is 0.429. The molecule has 0 saturated heterocycles. The normalized spacial score (nSPS) is 13.5. The molecule has 24 heavy (non-hydrogen) atoms. The van der Waals surface area contributed by atoms with Crippen LogP contribution in [0.4, 0.5) is 0 Å². The van der Waals surface area contributed by atoms with E-state index in [9.17, 15) is 0 Å². The monoisotopic (exact) mass is 438 g/mol. The SMILES string of the molecule is COc1ccc(CO[C@H](CCCI)[C@H](C)Cc2ccccc2)cc1. The van der Waals surface area contributed by atoms with E-state index in [1.165, 1.54) is 22.0 Å². The molecule has 0 unspecified atom stereocenters. The quantitative estimate of drug-likeness (QED) is 0.351. The minimum absolute atomic E-state index is 0.294. The maximum atomic E-state index is 6.29. The Bertz CT molecular complexity index is 568. The molecule has 2 aromatic rings. The minimum Gasteiger partial charge on any atom is -0.497 e. The van der Waals surface area contributed by atoms with Gasteiger partial charge in [-0.25, -0.2) is 0 Å². The van der Waals surface area contributed by atoms with E-state index in [0.29, 0.717) is 18.6 Å². The predicted molar refractivity (Wildman–Crippen MR) is 109 cm³/mol. The summed E-state index contributed by atoms with van der Waals surface area (Å²) in [6.45, 7) is 2.97. The molecule has 2 aromatic carbocycles. The lowest BCUT2D eigenvalue weighted by Gasteiger charge is -2.24. The Morgan fingerprint density at radius 3 is 2.29 bits per heavy atom. The number of rotatable bonds is 10. The van der Waals surface area contributed by atoms with Gasteiger partial charge in [-0.3, -0.25) is 0 Å². The molecule has 0 aliphatic carbocycles. The van der Waals surface area contributed by atoms with Crippen LogP contribution in [0.5, 0.6) is 5.75 Å². The molecule has 0 amide bonds. The van der Waals surface area contributed by atoms with Crippen molar-refractivity contribution < 1.29 is 9.47 Å². The minimum atomic E-state index is 0.294. The Balaban J connectivity index is 1.93. The van der Waals surface area contributed by atoms with E-state index >= 15 is 0 Å². The van der Waals surface area contributed by atoms with Gasteiger partial charge in [-0.2, -0.15) is 0 Å². The van der Waals surface area contributed by atoms with Crippen LogP contribution in [0.15, 0.2) is 54.6 Å². The molecular formula is C21H27IO2. The highest BCUT2D eigenvalue weighted by molar-refractivity contribution is 14.1. The average Bonchev–Trinajstić information content (AvgIpc) is 2.63. The van der Waals surface area contributed by atoms with E-state index in [1.807, 2.05) is 12.1 Å². The second-order valence-corrected chi connectivity index (χ2v) is 7.27. The van der Waals surface area contributed by atoms with Crippen LogP contribution in [0.1, 0.15) is 30.9 Å². The number of halogens is 1. The van der Waals surface area contributed by atoms with Gasteiger partial charge in [-0.1, -0.05) is 72.0 Å². The summed E-state index contributed by atoms with van der Waals surface area (Å²) in [6, 6.07) is 18.8. The van der Waals surface area contributed by atoms with Crippen LogP contribution >= 0.6 is 22.6 Å². The Kier molecular flexibility index (Phi) is 8.60. The molecule has 0 radical (unpaired) electrons. The van der Waals surface area contributed by atoms with Gasteiger partial charge in [0.15, 0.2) is 0 Å². The third kappa shape index (κ3) is 6.44. The zero-order valence-electron chi connectivity index (χ0n) is 14.6. The van der Waals surface area contributed by atoms with Gasteiger partial charge < -0.3 is 9.47 Å². The summed E-state index contributed by atoms with van der Waals surface area (Å²) >= 11 is 2.45. The molecule has 2 nitrogen and oxygen atoms in total. The first-order chi connectivity index (χ1) is 11.7. The molecule has 0 aliphatic heterocycles. The van der Waals surface area contributed by atoms with E-state index in [1.54, 1.807) is 7.11 Å². The maximum Gasteiger partial charge on any atom is 0.118 e. The van der Waals surface area contributed by atoms with Crippen molar-refractivity contribution >= 4 is 22.6 Å². The van der Waals surface area contributed by atoms with Gasteiger partial charge in [0.05, 0.1) is 19.8 Å². The van der Waals surface area contributed by atoms with Gasteiger partial charge in [0.25, 0.3) is 0 Å². The topological polar surface area (TPSA) is 18.5 Å². The fourth-order valence-corrected chi connectivity index (χ4v) is 3.29. The molecular weight excluding hydrogens is 411 g/mol. The van der Waals surface area contributed by atoms with Crippen LogP contribution in [0.3, 0.4) is 0 Å². The first-order valence-corrected chi connectivity index (χ1v) is 10.1. The van der Waals surface area contributed by atoms with E-state index in [4.69, 9.17) is 9.47 Å². The molecule has 0 aliphatic rings. The number of hydrogen-bond donors (Lipinski definition) is 0. The molecule has 3 heteroatoms. The highest BCUT2D eigenvalue weighted by Gasteiger charge is 2.18. The fourth-order valence-electron chi connectivity index (χ4n) is 2.85. The summed E-state index contributed by atoms with van der Waals surface area (Å²) in [6.07, 6.45) is 3.68. The van der Waals surface area contributed by atoms with Crippen molar-refractivity contribution in [3.63, 3.8) is 0 Å². The Labute approximate surface area is 159 Å². The van der Waals surface area contributed by atoms with Crippen molar-refractivity contribution in [3.8, 4) is 5.75 Å². The molecule has 0 saturated carbocycles. The van der Waals surface area contributed by atoms with Gasteiger partial charge >= 0.3 is 0 Å².